The molecule has 0 saturated heterocycles. The molecule has 3 rings (SSSR count). The van der Waals surface area contributed by atoms with E-state index in [0.29, 0.717) is 5.57 Å². The highest BCUT2D eigenvalue weighted by Gasteiger charge is 2.07. The van der Waals surface area contributed by atoms with E-state index in [1.807, 2.05) is 53.2 Å². The van der Waals surface area contributed by atoms with Gasteiger partial charge in [0.2, 0.25) is 0 Å². The van der Waals surface area contributed by atoms with E-state index in [2.05, 4.69) is 22.0 Å². The molecule has 3 aromatic rings. The predicted molar refractivity (Wildman–Crippen MR) is 100 cm³/mol. The topological polar surface area (TPSA) is 66.0 Å². The van der Waals surface area contributed by atoms with Gasteiger partial charge in [-0.15, -0.1) is 0 Å². The first-order valence-corrected chi connectivity index (χ1v) is 8.26. The molecule has 0 atom stereocenters. The standard InChI is InChI=1S/C20H13BrN2O2/c21-17-7-3-14(4-8-17)16(13-22)12-19-2-1-11-23(19)18-9-5-15(6-10-18)20(24)25/h1-12H,(H,24,25)/b16-12-. The van der Waals surface area contributed by atoms with Gasteiger partial charge in [-0.2, -0.15) is 5.26 Å². The third-order valence-corrected chi connectivity index (χ3v) is 4.27. The van der Waals surface area contributed by atoms with Crippen LogP contribution in [0.15, 0.2) is 71.3 Å². The molecule has 0 spiro atoms. The van der Waals surface area contributed by atoms with E-state index in [0.717, 1.165) is 21.4 Å². The highest BCUT2D eigenvalue weighted by atomic mass is 79.9. The lowest BCUT2D eigenvalue weighted by molar-refractivity contribution is 0.0697. The summed E-state index contributed by atoms with van der Waals surface area (Å²) in [6.45, 7) is 0. The van der Waals surface area contributed by atoms with Crippen LogP contribution in [-0.2, 0) is 0 Å². The zero-order valence-electron chi connectivity index (χ0n) is 13.1. The van der Waals surface area contributed by atoms with Gasteiger partial charge in [-0.1, -0.05) is 28.1 Å². The molecule has 2 aromatic carbocycles. The van der Waals surface area contributed by atoms with Crippen LogP contribution in [0.25, 0.3) is 17.3 Å². The fourth-order valence-corrected chi connectivity index (χ4v) is 2.73. The molecule has 0 amide bonds. The van der Waals surface area contributed by atoms with E-state index < -0.39 is 5.97 Å². The van der Waals surface area contributed by atoms with Gasteiger partial charge in [0.15, 0.2) is 0 Å². The number of aromatic nitrogens is 1. The molecule has 0 fully saturated rings. The summed E-state index contributed by atoms with van der Waals surface area (Å²) in [5.74, 6) is -0.957. The summed E-state index contributed by atoms with van der Waals surface area (Å²) in [6.07, 6.45) is 3.69. The molecule has 1 N–H and O–H groups in total. The second kappa shape index (κ2) is 7.20. The summed E-state index contributed by atoms with van der Waals surface area (Å²) in [6, 6.07) is 20.2. The van der Waals surface area contributed by atoms with E-state index in [1.54, 1.807) is 24.3 Å². The van der Waals surface area contributed by atoms with E-state index in [-0.39, 0.29) is 5.56 Å². The highest BCUT2D eigenvalue weighted by molar-refractivity contribution is 9.10. The van der Waals surface area contributed by atoms with Crippen molar-refractivity contribution in [2.24, 2.45) is 0 Å². The van der Waals surface area contributed by atoms with Gasteiger partial charge in [-0.05, 0) is 60.2 Å². The monoisotopic (exact) mass is 392 g/mol. The van der Waals surface area contributed by atoms with Crippen molar-refractivity contribution in [1.82, 2.24) is 4.57 Å². The summed E-state index contributed by atoms with van der Waals surface area (Å²) in [4.78, 5) is 11.0. The molecule has 0 radical (unpaired) electrons. The van der Waals surface area contributed by atoms with Gasteiger partial charge in [-0.3, -0.25) is 0 Å². The van der Waals surface area contributed by atoms with Crippen LogP contribution in [-0.4, -0.2) is 15.6 Å². The minimum atomic E-state index is -0.957. The quantitative estimate of drug-likeness (QED) is 0.635. The van der Waals surface area contributed by atoms with Gasteiger partial charge in [0.1, 0.15) is 0 Å². The normalized spacial score (nSPS) is 11.1. The molecule has 1 heterocycles. The van der Waals surface area contributed by atoms with Crippen LogP contribution < -0.4 is 0 Å². The number of hydrogen-bond acceptors (Lipinski definition) is 2. The van der Waals surface area contributed by atoms with Crippen LogP contribution in [0.3, 0.4) is 0 Å². The SMILES string of the molecule is N#C/C(=C/c1cccn1-c1ccc(C(=O)O)cc1)c1ccc(Br)cc1. The van der Waals surface area contributed by atoms with Gasteiger partial charge in [0.25, 0.3) is 0 Å². The number of nitriles is 1. The number of carboxylic acids is 1. The zero-order valence-corrected chi connectivity index (χ0v) is 14.6. The van der Waals surface area contributed by atoms with Crippen molar-refractivity contribution in [2.75, 3.05) is 0 Å². The zero-order chi connectivity index (χ0) is 17.8. The van der Waals surface area contributed by atoms with Crippen LogP contribution in [0.5, 0.6) is 0 Å². The third-order valence-electron chi connectivity index (χ3n) is 3.74. The van der Waals surface area contributed by atoms with Crippen molar-refractivity contribution < 1.29 is 9.90 Å². The van der Waals surface area contributed by atoms with Crippen molar-refractivity contribution in [3.63, 3.8) is 0 Å². The van der Waals surface area contributed by atoms with Gasteiger partial charge in [0.05, 0.1) is 17.2 Å². The van der Waals surface area contributed by atoms with Crippen LogP contribution in [0.1, 0.15) is 21.6 Å². The number of rotatable bonds is 4. The van der Waals surface area contributed by atoms with Gasteiger partial charge >= 0.3 is 5.97 Å². The molecular formula is C20H13BrN2O2. The largest absolute Gasteiger partial charge is 0.478 e. The predicted octanol–water partition coefficient (Wildman–Crippen LogP) is 5.00. The molecule has 0 saturated carbocycles. The van der Waals surface area contributed by atoms with Gasteiger partial charge in [0, 0.05) is 22.1 Å². The summed E-state index contributed by atoms with van der Waals surface area (Å²) in [5.41, 5.74) is 3.28. The van der Waals surface area contributed by atoms with Crippen LogP contribution >= 0.6 is 15.9 Å². The Bertz CT molecular complexity index is 978. The maximum Gasteiger partial charge on any atom is 0.335 e. The number of carbonyl (C=O) groups is 1. The van der Waals surface area contributed by atoms with E-state index in [4.69, 9.17) is 5.11 Å². The first-order valence-electron chi connectivity index (χ1n) is 7.47. The van der Waals surface area contributed by atoms with E-state index >= 15 is 0 Å². The van der Waals surface area contributed by atoms with Crippen LogP contribution in [0.4, 0.5) is 0 Å². The van der Waals surface area contributed by atoms with Crippen molar-refractivity contribution in [3.8, 4) is 11.8 Å². The van der Waals surface area contributed by atoms with E-state index in [1.165, 1.54) is 0 Å². The Balaban J connectivity index is 1.99. The average Bonchev–Trinajstić information content (AvgIpc) is 3.09. The molecule has 0 unspecified atom stereocenters. The lowest BCUT2D eigenvalue weighted by atomic mass is 10.1. The molecule has 25 heavy (non-hydrogen) atoms. The fourth-order valence-electron chi connectivity index (χ4n) is 2.47. The molecule has 0 aliphatic heterocycles. The van der Waals surface area contributed by atoms with Crippen LogP contribution in [0.2, 0.25) is 0 Å². The van der Waals surface area contributed by atoms with Crippen molar-refractivity contribution in [3.05, 3.63) is 88.2 Å². The Morgan fingerprint density at radius 2 is 1.68 bits per heavy atom. The Hall–Kier alpha value is -3.10. The summed E-state index contributed by atoms with van der Waals surface area (Å²) in [7, 11) is 0. The molecular weight excluding hydrogens is 380 g/mol. The summed E-state index contributed by atoms with van der Waals surface area (Å²) >= 11 is 3.39. The van der Waals surface area contributed by atoms with Crippen molar-refractivity contribution >= 4 is 33.5 Å². The summed E-state index contributed by atoms with van der Waals surface area (Å²) < 4.78 is 2.86. The lowest BCUT2D eigenvalue weighted by Crippen LogP contribution is -1.99. The van der Waals surface area contributed by atoms with Crippen molar-refractivity contribution in [2.45, 2.75) is 0 Å². The molecule has 4 nitrogen and oxygen atoms in total. The van der Waals surface area contributed by atoms with E-state index in [9.17, 15) is 10.1 Å². The first-order chi connectivity index (χ1) is 12.1. The third kappa shape index (κ3) is 3.70. The molecule has 5 heteroatoms. The van der Waals surface area contributed by atoms with Gasteiger partial charge < -0.3 is 9.67 Å². The lowest BCUT2D eigenvalue weighted by Gasteiger charge is -2.08. The minimum absolute atomic E-state index is 0.237. The second-order valence-corrected chi connectivity index (χ2v) is 6.25. The number of benzene rings is 2. The maximum absolute atomic E-state index is 11.0. The number of hydrogen-bond donors (Lipinski definition) is 1. The molecule has 1 aromatic heterocycles. The Kier molecular flexibility index (Phi) is 4.82. The van der Waals surface area contributed by atoms with Crippen LogP contribution in [0, 0.1) is 11.3 Å². The Morgan fingerprint density at radius 3 is 2.28 bits per heavy atom. The molecule has 0 bridgehead atoms. The maximum atomic E-state index is 11.0. The number of nitrogens with zero attached hydrogens (tertiary/aromatic N) is 2. The molecule has 0 aliphatic carbocycles. The fraction of sp³-hybridized carbons (Fsp3) is 0. The Morgan fingerprint density at radius 1 is 1.04 bits per heavy atom. The second-order valence-electron chi connectivity index (χ2n) is 5.33. The summed E-state index contributed by atoms with van der Waals surface area (Å²) in [5, 5.41) is 18.5. The first kappa shape index (κ1) is 16.7. The highest BCUT2D eigenvalue weighted by Crippen LogP contribution is 2.22. The van der Waals surface area contributed by atoms with Gasteiger partial charge in [-0.25, -0.2) is 4.79 Å². The molecule has 0 aliphatic rings. The molecule has 122 valence electrons. The number of allylic oxidation sites excluding steroid dienone is 1. The van der Waals surface area contributed by atoms with Crippen molar-refractivity contribution in [1.29, 1.82) is 5.26 Å². The number of carboxylic acid groups (broad SMARTS) is 1. The Labute approximate surface area is 153 Å². The minimum Gasteiger partial charge on any atom is -0.478 e. The number of aromatic carboxylic acids is 1. The smallest absolute Gasteiger partial charge is 0.335 e. The number of halogens is 1. The average molecular weight is 393 g/mol.